The molecule has 0 aliphatic carbocycles. The Bertz CT molecular complexity index is 10300. The Morgan fingerprint density at radius 3 is 0.923 bits per heavy atom. The van der Waals surface area contributed by atoms with Gasteiger partial charge in [-0.25, -0.2) is 0 Å². The molecule has 0 amide bonds. The molecule has 0 radical (unpaired) electrons. The first-order valence-electron chi connectivity index (χ1n) is 48.7. The lowest BCUT2D eigenvalue weighted by atomic mass is 9.84. The van der Waals surface area contributed by atoms with E-state index in [1.807, 2.05) is 58.3 Å². The summed E-state index contributed by atoms with van der Waals surface area (Å²) < 4.78 is 27.9. The lowest BCUT2D eigenvalue weighted by Crippen LogP contribution is -1.94. The molecule has 0 N–H and O–H groups in total. The second kappa shape index (κ2) is 34.2. The van der Waals surface area contributed by atoms with Crippen LogP contribution in [0.3, 0.4) is 0 Å². The number of nitrogens with zero attached hydrogens (tertiary/aromatic N) is 1. The van der Waals surface area contributed by atoms with Gasteiger partial charge in [-0.05, 0) is 278 Å². The first kappa shape index (κ1) is 83.6. The molecular formula is C136H85NO3S3. The molecule has 25 aromatic carbocycles. The molecule has 7 heteroatoms. The first-order valence-corrected chi connectivity index (χ1v) is 51.1. The number of methoxy groups -OCH3 is 2. The quantitative estimate of drug-likeness (QED) is 0.121. The van der Waals surface area contributed by atoms with Gasteiger partial charge >= 0.3 is 0 Å². The fraction of sp³-hybridized carbons (Fsp3) is 0.0147. The summed E-state index contributed by atoms with van der Waals surface area (Å²) in [6.45, 7) is 0. The van der Waals surface area contributed by atoms with E-state index in [0.717, 1.165) is 44.6 Å². The predicted molar refractivity (Wildman–Crippen MR) is 616 cm³/mol. The molecule has 0 saturated heterocycles. The van der Waals surface area contributed by atoms with E-state index in [4.69, 9.17) is 13.9 Å². The zero-order valence-electron chi connectivity index (χ0n) is 78.0. The normalized spacial score (nSPS) is 11.8. The van der Waals surface area contributed by atoms with Crippen LogP contribution in [0.4, 0.5) is 0 Å². The second-order valence-corrected chi connectivity index (χ2v) is 40.4. The third-order valence-corrected chi connectivity index (χ3v) is 33.1. The number of hydrogen-bond donors (Lipinski definition) is 0. The highest BCUT2D eigenvalue weighted by Crippen LogP contribution is 2.54. The largest absolute Gasteiger partial charge is 0.497 e. The van der Waals surface area contributed by atoms with Gasteiger partial charge in [0.25, 0.3) is 0 Å². The summed E-state index contributed by atoms with van der Waals surface area (Å²) in [5, 5.41) is 33.7. The summed E-state index contributed by atoms with van der Waals surface area (Å²) in [7, 11) is 3.44. The average molecular weight is 1880 g/mol. The molecule has 30 rings (SSSR count). The highest BCUT2D eigenvalue weighted by atomic mass is 32.1. The molecule has 0 saturated carbocycles. The molecule has 0 unspecified atom stereocenters. The summed E-state index contributed by atoms with van der Waals surface area (Å²) in [5.41, 5.74) is 23.2. The minimum atomic E-state index is 0.865. The number of thiophene rings is 3. The van der Waals surface area contributed by atoms with Gasteiger partial charge in [-0.2, -0.15) is 0 Å². The zero-order chi connectivity index (χ0) is 94.4. The molecule has 0 bridgehead atoms. The maximum absolute atomic E-state index is 6.47. The first-order chi connectivity index (χ1) is 70.8. The molecule has 0 fully saturated rings. The molecule has 143 heavy (non-hydrogen) atoms. The van der Waals surface area contributed by atoms with Crippen LogP contribution >= 0.6 is 34.0 Å². The minimum Gasteiger partial charge on any atom is -0.497 e. The van der Waals surface area contributed by atoms with Gasteiger partial charge < -0.3 is 18.5 Å². The van der Waals surface area contributed by atoms with Crippen molar-refractivity contribution >= 4 is 224 Å². The number of aromatic nitrogens is 1. The van der Waals surface area contributed by atoms with E-state index < -0.39 is 0 Å². The van der Waals surface area contributed by atoms with Crippen molar-refractivity contribution in [2.75, 3.05) is 14.2 Å². The molecular weight excluding hydrogens is 1790 g/mol. The van der Waals surface area contributed by atoms with E-state index >= 15 is 0 Å². The fourth-order valence-corrected chi connectivity index (χ4v) is 26.7. The van der Waals surface area contributed by atoms with Gasteiger partial charge in [-0.15, -0.1) is 34.0 Å². The zero-order valence-corrected chi connectivity index (χ0v) is 80.5. The molecule has 0 atom stereocenters. The van der Waals surface area contributed by atoms with Crippen LogP contribution in [0.25, 0.3) is 285 Å². The fourth-order valence-electron chi connectivity index (χ4n) is 23.0. The molecule has 4 nitrogen and oxygen atoms in total. The van der Waals surface area contributed by atoms with E-state index in [9.17, 15) is 0 Å². The maximum Gasteiger partial charge on any atom is 0.136 e. The van der Waals surface area contributed by atoms with Crippen LogP contribution in [0, 0.1) is 0 Å². The Morgan fingerprint density at radius 2 is 0.490 bits per heavy atom. The van der Waals surface area contributed by atoms with Crippen LogP contribution in [0.2, 0.25) is 0 Å². The van der Waals surface area contributed by atoms with Crippen LogP contribution in [0.5, 0.6) is 11.5 Å². The van der Waals surface area contributed by atoms with Crippen LogP contribution < -0.4 is 9.47 Å². The summed E-state index contributed by atoms with van der Waals surface area (Å²) in [4.78, 5) is 0. The minimum absolute atomic E-state index is 0.865. The van der Waals surface area contributed by atoms with Crippen molar-refractivity contribution in [3.05, 3.63) is 479 Å². The van der Waals surface area contributed by atoms with Crippen molar-refractivity contribution < 1.29 is 13.9 Å². The van der Waals surface area contributed by atoms with Gasteiger partial charge in [0.1, 0.15) is 22.8 Å². The maximum atomic E-state index is 6.47. The Labute approximate surface area is 835 Å². The molecule has 0 aliphatic heterocycles. The highest BCUT2D eigenvalue weighted by Gasteiger charge is 2.26. The standard InChI is InChI=1S/C48H32O2S.C44H27NS.C44H26OS/c1-49-36-21-18-29-24-34(16-14-31(29)26-36)46-40-9-3-4-10-41(40)47(35-17-15-32-27-37(50-2)22-19-30(32)25-35)44-28-33(20-23-42(44)46)38-11-7-12-43-39-8-5-6-13-45(39)51-48(38)43;1-3-17-35-33(15-1)42(28-24-26-29(27-25-28)45-39-21-8-5-12-30(39)31-13-6-9-22-40(31)45)34-16-2-4-18-36(34)43(35)38-20-11-19-37-32-14-7-10-23-41(32)46-44(37)38;1-7-18-39-30(10-1)26-40(45-39)43-36-14-4-2-12-34(36)42(35-13-3-5-15-37(35)43)31-23-21-27-24-29(22-20-28(27)25-31)32-16-9-17-38-33-11-6-8-19-41(33)46-44(32)38/h3-28H,1-2H3;1-27H;1-26H. The summed E-state index contributed by atoms with van der Waals surface area (Å²) in [6, 6.07) is 175. The Hall–Kier alpha value is -17.6. The van der Waals surface area contributed by atoms with E-state index in [-0.39, 0.29) is 0 Å². The van der Waals surface area contributed by atoms with Gasteiger partial charge in [0.05, 0.1) is 25.3 Å². The topological polar surface area (TPSA) is 36.5 Å². The molecule has 0 spiro atoms. The van der Waals surface area contributed by atoms with Gasteiger partial charge in [0, 0.05) is 93.5 Å². The van der Waals surface area contributed by atoms with Gasteiger partial charge in [0.2, 0.25) is 0 Å². The van der Waals surface area contributed by atoms with E-state index in [2.05, 4.69) is 460 Å². The van der Waals surface area contributed by atoms with Crippen molar-refractivity contribution in [2.24, 2.45) is 0 Å². The van der Waals surface area contributed by atoms with E-state index in [0.29, 0.717) is 0 Å². The van der Waals surface area contributed by atoms with Gasteiger partial charge in [-0.3, -0.25) is 0 Å². The third kappa shape index (κ3) is 13.9. The monoisotopic (exact) mass is 1880 g/mol. The third-order valence-electron chi connectivity index (χ3n) is 29.5. The lowest BCUT2D eigenvalue weighted by molar-refractivity contribution is 0.415. The second-order valence-electron chi connectivity index (χ2n) is 37.3. The Balaban J connectivity index is 0.000000105. The van der Waals surface area contributed by atoms with Crippen LogP contribution in [0.15, 0.2) is 484 Å². The molecule has 5 heterocycles. The number of ether oxygens (including phenoxy) is 2. The van der Waals surface area contributed by atoms with Crippen molar-refractivity contribution in [3.63, 3.8) is 0 Å². The number of hydrogen-bond acceptors (Lipinski definition) is 6. The van der Waals surface area contributed by atoms with Crippen molar-refractivity contribution in [2.45, 2.75) is 0 Å². The van der Waals surface area contributed by atoms with Gasteiger partial charge in [-0.1, -0.05) is 370 Å². The van der Waals surface area contributed by atoms with E-state index in [1.165, 1.54) is 252 Å². The van der Waals surface area contributed by atoms with Crippen LogP contribution in [0.1, 0.15) is 0 Å². The van der Waals surface area contributed by atoms with Crippen molar-refractivity contribution in [1.82, 2.24) is 4.57 Å². The molecule has 670 valence electrons. The van der Waals surface area contributed by atoms with Crippen molar-refractivity contribution in [3.8, 4) is 106 Å². The number of para-hydroxylation sites is 3. The predicted octanol–water partition coefficient (Wildman–Crippen LogP) is 39.7. The number of fused-ring (bicyclic) bond motifs is 22. The lowest BCUT2D eigenvalue weighted by Gasteiger charge is -2.19. The molecule has 0 aliphatic rings. The van der Waals surface area contributed by atoms with Crippen molar-refractivity contribution in [1.29, 1.82) is 0 Å². The number of rotatable bonds is 11. The molecule has 5 aromatic heterocycles. The highest BCUT2D eigenvalue weighted by molar-refractivity contribution is 7.27. The molecule has 30 aromatic rings. The summed E-state index contributed by atoms with van der Waals surface area (Å²) in [6.07, 6.45) is 0. The Kier molecular flexibility index (Phi) is 20.0. The van der Waals surface area contributed by atoms with Crippen LogP contribution in [-0.4, -0.2) is 18.8 Å². The van der Waals surface area contributed by atoms with Crippen LogP contribution in [-0.2, 0) is 0 Å². The SMILES string of the molecule is COc1ccc2cc(-c3c4ccccc4c(-c4ccc5cc(OC)ccc5c4)c4cc(-c5cccc6c5sc5ccccc56)ccc34)ccc2c1.c1ccc2c(c1)sc1c(-c3c4ccccc4c(-c4ccc(-n5c6ccccc6c6ccccc65)cc4)c4ccccc34)cccc12.c1ccc2oc(-c3c4ccccc4c(-c4ccc5cc(-c6cccc7c6sc6ccccc67)ccc5c4)c4ccccc34)cc2c1. The average Bonchev–Trinajstić information content (AvgIpc) is 1.50. The summed E-state index contributed by atoms with van der Waals surface area (Å²) in [5.74, 6) is 2.63. The number of benzene rings is 25. The summed E-state index contributed by atoms with van der Waals surface area (Å²) >= 11 is 5.66. The number of furan rings is 1. The van der Waals surface area contributed by atoms with E-state index in [1.54, 1.807) is 14.2 Å². The Morgan fingerprint density at radius 1 is 0.189 bits per heavy atom. The van der Waals surface area contributed by atoms with Gasteiger partial charge in [0.15, 0.2) is 0 Å². The smallest absolute Gasteiger partial charge is 0.136 e.